The zero-order valence-electron chi connectivity index (χ0n) is 16.6. The Morgan fingerprint density at radius 1 is 1.24 bits per heavy atom. The van der Waals surface area contributed by atoms with E-state index in [4.69, 9.17) is 14.2 Å². The predicted molar refractivity (Wildman–Crippen MR) is 106 cm³/mol. The number of carbonyl (C=O) groups is 1. The van der Waals surface area contributed by atoms with Crippen LogP contribution in [0.4, 0.5) is 4.39 Å². The maximum absolute atomic E-state index is 14.3. The molecule has 154 valence electrons. The normalized spacial score (nSPS) is 21.9. The van der Waals surface area contributed by atoms with Crippen molar-refractivity contribution in [1.82, 2.24) is 4.90 Å². The van der Waals surface area contributed by atoms with Crippen molar-refractivity contribution in [2.75, 3.05) is 13.2 Å². The van der Waals surface area contributed by atoms with Crippen LogP contribution in [0, 0.1) is 5.82 Å². The molecule has 2 aromatic carbocycles. The van der Waals surface area contributed by atoms with Gasteiger partial charge in [-0.2, -0.15) is 0 Å². The van der Waals surface area contributed by atoms with Gasteiger partial charge in [-0.25, -0.2) is 4.39 Å². The summed E-state index contributed by atoms with van der Waals surface area (Å²) in [5.74, 6) is 0.123. The van der Waals surface area contributed by atoms with Crippen LogP contribution < -0.4 is 4.74 Å². The van der Waals surface area contributed by atoms with Crippen LogP contribution in [0.3, 0.4) is 0 Å². The Labute approximate surface area is 170 Å². The molecule has 0 saturated carbocycles. The van der Waals surface area contributed by atoms with Gasteiger partial charge in [0.15, 0.2) is 0 Å². The number of nitrogens with zero attached hydrogens (tertiary/aromatic N) is 1. The average molecular weight is 399 g/mol. The Hall–Kier alpha value is -2.44. The summed E-state index contributed by atoms with van der Waals surface area (Å²) < 4.78 is 31.5. The largest absolute Gasteiger partial charge is 0.465 e. The number of likely N-dealkylation sites (tertiary alicyclic amines) is 1. The fourth-order valence-corrected chi connectivity index (χ4v) is 4.07. The molecule has 0 spiro atoms. The molecule has 4 rings (SSSR count). The second-order valence-corrected chi connectivity index (χ2v) is 7.46. The topological polar surface area (TPSA) is 48.0 Å². The van der Waals surface area contributed by atoms with Crippen LogP contribution in [0.15, 0.2) is 42.5 Å². The molecule has 0 aliphatic carbocycles. The maximum Gasteiger partial charge on any atom is 0.323 e. The number of hydrogen-bond acceptors (Lipinski definition) is 5. The molecule has 2 aliphatic rings. The Morgan fingerprint density at radius 2 is 2.07 bits per heavy atom. The molecule has 0 unspecified atom stereocenters. The van der Waals surface area contributed by atoms with Gasteiger partial charge in [0, 0.05) is 23.2 Å². The van der Waals surface area contributed by atoms with E-state index in [9.17, 15) is 9.18 Å². The number of ether oxygens (including phenoxy) is 3. The zero-order valence-corrected chi connectivity index (χ0v) is 16.6. The first-order valence-electron chi connectivity index (χ1n) is 10.2. The van der Waals surface area contributed by atoms with Gasteiger partial charge in [0.05, 0.1) is 13.2 Å². The summed E-state index contributed by atoms with van der Waals surface area (Å²) in [6.07, 6.45) is 2.22. The average Bonchev–Trinajstić information content (AvgIpc) is 2.74. The van der Waals surface area contributed by atoms with Crippen LogP contribution >= 0.6 is 0 Å². The minimum absolute atomic E-state index is 0.205. The third-order valence-corrected chi connectivity index (χ3v) is 5.44. The minimum atomic E-state index is -0.532. The number of benzene rings is 2. The Morgan fingerprint density at radius 3 is 2.86 bits per heavy atom. The van der Waals surface area contributed by atoms with E-state index in [0.29, 0.717) is 24.5 Å². The van der Waals surface area contributed by atoms with Crippen LogP contribution in [0.1, 0.15) is 49.2 Å². The number of rotatable bonds is 5. The molecular formula is C23H26FNO4. The van der Waals surface area contributed by atoms with E-state index < -0.39 is 6.29 Å². The van der Waals surface area contributed by atoms with Crippen molar-refractivity contribution in [3.05, 3.63) is 65.0 Å². The van der Waals surface area contributed by atoms with Crippen LogP contribution in [0.2, 0.25) is 0 Å². The quantitative estimate of drug-likeness (QED) is 0.700. The molecule has 29 heavy (non-hydrogen) atoms. The van der Waals surface area contributed by atoms with Gasteiger partial charge in [0.1, 0.15) is 17.6 Å². The van der Waals surface area contributed by atoms with Crippen molar-refractivity contribution < 1.29 is 23.4 Å². The van der Waals surface area contributed by atoms with Crippen molar-refractivity contribution in [2.45, 2.75) is 51.7 Å². The van der Waals surface area contributed by atoms with Gasteiger partial charge < -0.3 is 14.2 Å². The van der Waals surface area contributed by atoms with E-state index in [0.717, 1.165) is 36.9 Å². The first-order valence-corrected chi connectivity index (χ1v) is 10.2. The van der Waals surface area contributed by atoms with Crippen molar-refractivity contribution in [2.24, 2.45) is 0 Å². The molecule has 0 amide bonds. The first-order chi connectivity index (χ1) is 14.2. The molecule has 0 bridgehead atoms. The van der Waals surface area contributed by atoms with E-state index in [-0.39, 0.29) is 24.4 Å². The SMILES string of the molecule is CCOC(=O)[C@@H]1CCCCN1Cc1cc(F)cc2c1O[C@@H](c1ccccc1)OC2. The van der Waals surface area contributed by atoms with Crippen LogP contribution in [0.25, 0.3) is 0 Å². The molecule has 6 heteroatoms. The third kappa shape index (κ3) is 4.43. The lowest BCUT2D eigenvalue weighted by Gasteiger charge is -2.35. The fourth-order valence-electron chi connectivity index (χ4n) is 4.07. The van der Waals surface area contributed by atoms with Crippen LogP contribution in [-0.2, 0) is 27.4 Å². The second-order valence-electron chi connectivity index (χ2n) is 7.46. The molecule has 5 nitrogen and oxygen atoms in total. The zero-order chi connectivity index (χ0) is 20.2. The van der Waals surface area contributed by atoms with Gasteiger partial charge in [-0.05, 0) is 38.4 Å². The van der Waals surface area contributed by atoms with E-state index >= 15 is 0 Å². The van der Waals surface area contributed by atoms with Gasteiger partial charge >= 0.3 is 5.97 Å². The highest BCUT2D eigenvalue weighted by Gasteiger charge is 2.32. The number of fused-ring (bicyclic) bond motifs is 1. The number of piperidine rings is 1. The molecule has 1 saturated heterocycles. The molecule has 2 atom stereocenters. The summed E-state index contributed by atoms with van der Waals surface area (Å²) in [7, 11) is 0. The number of esters is 1. The smallest absolute Gasteiger partial charge is 0.323 e. The lowest BCUT2D eigenvalue weighted by atomic mass is 10.00. The summed E-state index contributed by atoms with van der Waals surface area (Å²) in [6.45, 7) is 3.66. The van der Waals surface area contributed by atoms with Gasteiger partial charge in [0.2, 0.25) is 6.29 Å². The lowest BCUT2D eigenvalue weighted by molar-refractivity contribution is -0.151. The van der Waals surface area contributed by atoms with Crippen LogP contribution in [0.5, 0.6) is 5.75 Å². The Kier molecular flexibility index (Phi) is 6.11. The van der Waals surface area contributed by atoms with Crippen molar-refractivity contribution in [3.8, 4) is 5.75 Å². The van der Waals surface area contributed by atoms with Crippen molar-refractivity contribution >= 4 is 5.97 Å². The van der Waals surface area contributed by atoms with Crippen LogP contribution in [-0.4, -0.2) is 30.1 Å². The summed E-state index contributed by atoms with van der Waals surface area (Å²) in [4.78, 5) is 14.5. The highest BCUT2D eigenvalue weighted by atomic mass is 19.1. The molecule has 1 fully saturated rings. The highest BCUT2D eigenvalue weighted by Crippen LogP contribution is 2.37. The van der Waals surface area contributed by atoms with E-state index in [1.807, 2.05) is 37.3 Å². The molecule has 2 aromatic rings. The lowest BCUT2D eigenvalue weighted by Crippen LogP contribution is -2.45. The Bertz CT molecular complexity index is 857. The van der Waals surface area contributed by atoms with Crippen molar-refractivity contribution in [3.63, 3.8) is 0 Å². The summed E-state index contributed by atoms with van der Waals surface area (Å²) >= 11 is 0. The first kappa shape index (κ1) is 19.9. The summed E-state index contributed by atoms with van der Waals surface area (Å²) in [6, 6.07) is 12.4. The summed E-state index contributed by atoms with van der Waals surface area (Å²) in [5, 5.41) is 0. The third-order valence-electron chi connectivity index (χ3n) is 5.44. The minimum Gasteiger partial charge on any atom is -0.465 e. The standard InChI is InChI=1S/C23H26FNO4/c1-2-27-22(26)20-10-6-7-11-25(20)14-17-12-19(24)13-18-15-28-23(29-21(17)18)16-8-4-3-5-9-16/h3-5,8-9,12-13,20,23H,2,6-7,10-11,14-15H2,1H3/t20-,23-/m0/s1. The van der Waals surface area contributed by atoms with Gasteiger partial charge in [-0.3, -0.25) is 9.69 Å². The van der Waals surface area contributed by atoms with E-state index in [2.05, 4.69) is 4.90 Å². The highest BCUT2D eigenvalue weighted by molar-refractivity contribution is 5.75. The maximum atomic E-state index is 14.3. The van der Waals surface area contributed by atoms with Crippen molar-refractivity contribution in [1.29, 1.82) is 0 Å². The number of carbonyl (C=O) groups excluding carboxylic acids is 1. The molecule has 0 aromatic heterocycles. The molecular weight excluding hydrogens is 373 g/mol. The monoisotopic (exact) mass is 399 g/mol. The van der Waals surface area contributed by atoms with Gasteiger partial charge in [-0.15, -0.1) is 0 Å². The number of hydrogen-bond donors (Lipinski definition) is 0. The molecule has 0 N–H and O–H groups in total. The van der Waals surface area contributed by atoms with Gasteiger partial charge in [0.25, 0.3) is 0 Å². The van der Waals surface area contributed by atoms with E-state index in [1.165, 1.54) is 12.1 Å². The van der Waals surface area contributed by atoms with Gasteiger partial charge in [-0.1, -0.05) is 36.8 Å². The molecule has 0 radical (unpaired) electrons. The number of halogens is 1. The predicted octanol–water partition coefficient (Wildman–Crippen LogP) is 4.35. The fraction of sp³-hybridized carbons (Fsp3) is 0.435. The second kappa shape index (κ2) is 8.93. The Balaban J connectivity index is 1.59. The summed E-state index contributed by atoms with van der Waals surface area (Å²) in [5.41, 5.74) is 2.34. The molecule has 2 heterocycles. The van der Waals surface area contributed by atoms with E-state index in [1.54, 1.807) is 0 Å². The molecule has 2 aliphatic heterocycles.